The van der Waals surface area contributed by atoms with Crippen LogP contribution >= 0.6 is 0 Å². The Morgan fingerprint density at radius 2 is 1.82 bits per heavy atom. The van der Waals surface area contributed by atoms with Gasteiger partial charge in [0.1, 0.15) is 0 Å². The molecule has 1 unspecified atom stereocenters. The molecule has 0 aliphatic carbocycles. The number of benzene rings is 2. The van der Waals surface area contributed by atoms with Crippen molar-refractivity contribution in [2.24, 2.45) is 0 Å². The molecule has 28 heavy (non-hydrogen) atoms. The summed E-state index contributed by atoms with van der Waals surface area (Å²) >= 11 is 0. The van der Waals surface area contributed by atoms with E-state index in [0.717, 1.165) is 23.2 Å². The number of hydrogen-bond donors (Lipinski definition) is 2. The smallest absolute Gasteiger partial charge is 0.335 e. The maximum absolute atomic E-state index is 11.3. The average molecular weight is 379 g/mol. The molecule has 6 nitrogen and oxygen atoms in total. The number of rotatable bonds is 9. The molecule has 0 fully saturated rings. The Hall–Kier alpha value is -2.96. The van der Waals surface area contributed by atoms with Crippen molar-refractivity contribution >= 4 is 5.97 Å². The summed E-state index contributed by atoms with van der Waals surface area (Å²) in [7, 11) is 0. The third-order valence-electron chi connectivity index (χ3n) is 4.62. The van der Waals surface area contributed by atoms with Crippen LogP contribution in [0.3, 0.4) is 0 Å². The summed E-state index contributed by atoms with van der Waals surface area (Å²) in [6.07, 6.45) is 2.88. The molecule has 1 aromatic heterocycles. The van der Waals surface area contributed by atoms with Gasteiger partial charge in [0.15, 0.2) is 0 Å². The normalized spacial score (nSPS) is 12.2. The highest BCUT2D eigenvalue weighted by molar-refractivity contribution is 5.87. The number of carboxylic acids is 1. The van der Waals surface area contributed by atoms with Crippen LogP contribution in [0.1, 0.15) is 40.1 Å². The first-order valence-electron chi connectivity index (χ1n) is 9.34. The zero-order valence-electron chi connectivity index (χ0n) is 15.9. The van der Waals surface area contributed by atoms with Crippen LogP contribution in [0.25, 0.3) is 0 Å². The molecule has 0 radical (unpaired) electrons. The van der Waals surface area contributed by atoms with Crippen LogP contribution in [0.15, 0.2) is 67.0 Å². The molecule has 0 aliphatic heterocycles. The van der Waals surface area contributed by atoms with Gasteiger partial charge in [-0.25, -0.2) is 4.79 Å². The van der Waals surface area contributed by atoms with Crippen LogP contribution in [0.4, 0.5) is 0 Å². The molecule has 0 saturated heterocycles. The molecule has 0 amide bonds. The first-order chi connectivity index (χ1) is 13.5. The molecule has 2 N–H and O–H groups in total. The predicted octanol–water partition coefficient (Wildman–Crippen LogP) is 3.34. The van der Waals surface area contributed by atoms with Gasteiger partial charge < -0.3 is 10.2 Å². The van der Waals surface area contributed by atoms with Crippen LogP contribution in [-0.4, -0.2) is 37.4 Å². The van der Waals surface area contributed by atoms with E-state index in [0.29, 0.717) is 19.6 Å². The number of aromatic carboxylic acids is 1. The van der Waals surface area contributed by atoms with E-state index in [9.17, 15) is 15.0 Å². The predicted molar refractivity (Wildman–Crippen MR) is 107 cm³/mol. The monoisotopic (exact) mass is 379 g/mol. The van der Waals surface area contributed by atoms with Gasteiger partial charge in [0.2, 0.25) is 0 Å². The van der Waals surface area contributed by atoms with Gasteiger partial charge in [0.25, 0.3) is 0 Å². The van der Waals surface area contributed by atoms with Gasteiger partial charge >= 0.3 is 5.97 Å². The van der Waals surface area contributed by atoms with Crippen LogP contribution < -0.4 is 0 Å². The van der Waals surface area contributed by atoms with Crippen molar-refractivity contribution in [1.82, 2.24) is 14.7 Å². The lowest BCUT2D eigenvalue weighted by atomic mass is 10.1. The number of aromatic nitrogens is 2. The molecule has 1 heterocycles. The second-order valence-electron chi connectivity index (χ2n) is 6.81. The van der Waals surface area contributed by atoms with Crippen LogP contribution in [0.2, 0.25) is 0 Å². The van der Waals surface area contributed by atoms with Gasteiger partial charge in [-0.1, -0.05) is 42.5 Å². The fourth-order valence-electron chi connectivity index (χ4n) is 3.16. The first kappa shape index (κ1) is 19.8. The van der Waals surface area contributed by atoms with Gasteiger partial charge in [-0.3, -0.25) is 9.58 Å². The third kappa shape index (κ3) is 5.28. The van der Waals surface area contributed by atoms with Crippen LogP contribution in [0.5, 0.6) is 0 Å². The van der Waals surface area contributed by atoms with Crippen molar-refractivity contribution in [3.05, 3.63) is 89.2 Å². The van der Waals surface area contributed by atoms with Crippen molar-refractivity contribution in [1.29, 1.82) is 0 Å². The van der Waals surface area contributed by atoms with Gasteiger partial charge in [-0.2, -0.15) is 5.10 Å². The van der Waals surface area contributed by atoms with Crippen molar-refractivity contribution in [2.75, 3.05) is 6.54 Å². The van der Waals surface area contributed by atoms with Crippen LogP contribution in [0, 0.1) is 0 Å². The van der Waals surface area contributed by atoms with Crippen molar-refractivity contribution in [3.63, 3.8) is 0 Å². The Bertz CT molecular complexity index is 908. The maximum atomic E-state index is 11.3. The first-order valence-corrected chi connectivity index (χ1v) is 9.34. The summed E-state index contributed by atoms with van der Waals surface area (Å²) in [6, 6.07) is 17.0. The number of carbonyl (C=O) groups is 1. The Labute approximate surface area is 164 Å². The largest absolute Gasteiger partial charge is 0.478 e. The van der Waals surface area contributed by atoms with Gasteiger partial charge in [-0.05, 0) is 30.2 Å². The van der Waals surface area contributed by atoms with E-state index in [4.69, 9.17) is 0 Å². The molecule has 3 aromatic rings. The van der Waals surface area contributed by atoms with Crippen molar-refractivity contribution in [2.45, 2.75) is 32.7 Å². The lowest BCUT2D eigenvalue weighted by molar-refractivity contribution is 0.0696. The highest BCUT2D eigenvalue weighted by Crippen LogP contribution is 2.18. The topological polar surface area (TPSA) is 78.6 Å². The minimum atomic E-state index is -0.941. The molecule has 2 aromatic carbocycles. The van der Waals surface area contributed by atoms with E-state index in [1.807, 2.05) is 49.5 Å². The molecule has 1 atom stereocenters. The number of carboxylic acid groups (broad SMARTS) is 1. The minimum absolute atomic E-state index is 0.266. The van der Waals surface area contributed by atoms with E-state index < -0.39 is 12.1 Å². The van der Waals surface area contributed by atoms with Gasteiger partial charge in [0, 0.05) is 37.9 Å². The molecular formula is C22H25N3O3. The number of aryl methyl sites for hydroxylation is 1. The Morgan fingerprint density at radius 3 is 2.50 bits per heavy atom. The minimum Gasteiger partial charge on any atom is -0.478 e. The summed E-state index contributed by atoms with van der Waals surface area (Å²) in [6.45, 7) is 4.36. The van der Waals surface area contributed by atoms with Crippen molar-refractivity contribution < 1.29 is 15.0 Å². The molecule has 3 rings (SSSR count). The van der Waals surface area contributed by atoms with E-state index in [2.05, 4.69) is 10.00 Å². The van der Waals surface area contributed by atoms with Gasteiger partial charge in [-0.15, -0.1) is 0 Å². The SMILES string of the molecule is CCn1cc(C(O)CN(Cc2ccccc2)Cc2cccc(C(=O)O)c2)cn1. The number of aliphatic hydroxyl groups excluding tert-OH is 1. The summed E-state index contributed by atoms with van der Waals surface area (Å²) in [5.74, 6) is -0.941. The quantitative estimate of drug-likeness (QED) is 0.596. The lowest BCUT2D eigenvalue weighted by Crippen LogP contribution is -2.28. The summed E-state index contributed by atoms with van der Waals surface area (Å²) in [4.78, 5) is 13.4. The molecule has 146 valence electrons. The third-order valence-corrected chi connectivity index (χ3v) is 4.62. The Kier molecular flexibility index (Phi) is 6.57. The number of aliphatic hydroxyl groups is 1. The Morgan fingerprint density at radius 1 is 1.11 bits per heavy atom. The molecular weight excluding hydrogens is 354 g/mol. The summed E-state index contributed by atoms with van der Waals surface area (Å²) in [5, 5.41) is 24.2. The summed E-state index contributed by atoms with van der Waals surface area (Å²) < 4.78 is 1.79. The average Bonchev–Trinajstić information content (AvgIpc) is 3.18. The van der Waals surface area contributed by atoms with E-state index >= 15 is 0 Å². The zero-order chi connectivity index (χ0) is 19.9. The fourth-order valence-corrected chi connectivity index (χ4v) is 3.16. The molecule has 0 spiro atoms. The molecule has 0 aliphatic rings. The van der Waals surface area contributed by atoms with Crippen molar-refractivity contribution in [3.8, 4) is 0 Å². The van der Waals surface area contributed by atoms with Crippen LogP contribution in [-0.2, 0) is 19.6 Å². The molecule has 6 heteroatoms. The standard InChI is InChI=1S/C22H25N3O3/c1-2-25-15-20(12-23-25)21(26)16-24(13-17-7-4-3-5-8-17)14-18-9-6-10-19(11-18)22(27)28/h3-12,15,21,26H,2,13-14,16H2,1H3,(H,27,28). The maximum Gasteiger partial charge on any atom is 0.335 e. The Balaban J connectivity index is 1.78. The summed E-state index contributed by atoms with van der Waals surface area (Å²) in [5.41, 5.74) is 3.07. The van der Waals surface area contributed by atoms with Gasteiger partial charge in [0.05, 0.1) is 17.9 Å². The second-order valence-corrected chi connectivity index (χ2v) is 6.81. The fraction of sp³-hybridized carbons (Fsp3) is 0.273. The molecule has 0 bridgehead atoms. The number of hydrogen-bond acceptors (Lipinski definition) is 4. The van der Waals surface area contributed by atoms with E-state index in [-0.39, 0.29) is 5.56 Å². The zero-order valence-corrected chi connectivity index (χ0v) is 15.9. The van der Waals surface area contributed by atoms with E-state index in [1.165, 1.54) is 0 Å². The highest BCUT2D eigenvalue weighted by atomic mass is 16.4. The second kappa shape index (κ2) is 9.30. The molecule has 0 saturated carbocycles. The lowest BCUT2D eigenvalue weighted by Gasteiger charge is -2.25. The van der Waals surface area contributed by atoms with E-state index in [1.54, 1.807) is 29.1 Å². The number of nitrogens with zero attached hydrogens (tertiary/aromatic N) is 3. The highest BCUT2D eigenvalue weighted by Gasteiger charge is 2.17.